The van der Waals surface area contributed by atoms with Crippen molar-refractivity contribution >= 4 is 39.5 Å². The molecule has 296 valence electrons. The van der Waals surface area contributed by atoms with Crippen molar-refractivity contribution in [2.45, 2.75) is 101 Å². The van der Waals surface area contributed by atoms with E-state index in [9.17, 15) is 23.1 Å². The molecule has 54 heavy (non-hydrogen) atoms. The zero-order valence-electron chi connectivity index (χ0n) is 31.8. The third-order valence-corrected chi connectivity index (χ3v) is 11.8. The minimum absolute atomic E-state index is 0.0281. The Labute approximate surface area is 322 Å². The number of nitrogens with one attached hydrogen (secondary N) is 2. The first-order valence-electron chi connectivity index (χ1n) is 18.0. The summed E-state index contributed by atoms with van der Waals surface area (Å²) >= 11 is 1.43. The number of nitrogens with zero attached hydrogens (tertiary/aromatic N) is 4. The molecule has 0 bridgehead atoms. The van der Waals surface area contributed by atoms with Gasteiger partial charge in [-0.2, -0.15) is 4.31 Å². The summed E-state index contributed by atoms with van der Waals surface area (Å²) < 4.78 is 40.7. The number of thiazole rings is 1. The van der Waals surface area contributed by atoms with Crippen molar-refractivity contribution in [3.05, 3.63) is 81.8 Å². The van der Waals surface area contributed by atoms with Gasteiger partial charge in [0.1, 0.15) is 11.0 Å². The van der Waals surface area contributed by atoms with Crippen molar-refractivity contribution in [2.75, 3.05) is 27.2 Å². The highest BCUT2D eigenvalue weighted by Gasteiger charge is 2.37. The molecule has 4 rings (SSSR count). The van der Waals surface area contributed by atoms with Crippen LogP contribution in [0.1, 0.15) is 68.8 Å². The molecular weight excluding hydrogens is 733 g/mol. The van der Waals surface area contributed by atoms with Gasteiger partial charge in [-0.3, -0.25) is 4.79 Å². The Morgan fingerprint density at radius 2 is 1.80 bits per heavy atom. The molecule has 4 atom stereocenters. The van der Waals surface area contributed by atoms with E-state index in [-0.39, 0.29) is 36.9 Å². The fourth-order valence-electron chi connectivity index (χ4n) is 6.13. The molecule has 16 heteroatoms. The van der Waals surface area contributed by atoms with Crippen molar-refractivity contribution in [1.29, 1.82) is 0 Å². The Bertz CT molecular complexity index is 1780. The van der Waals surface area contributed by atoms with E-state index in [4.69, 9.17) is 14.7 Å². The third kappa shape index (κ3) is 12.6. The predicted molar refractivity (Wildman–Crippen MR) is 207 cm³/mol. The highest BCUT2D eigenvalue weighted by molar-refractivity contribution is 7.89. The van der Waals surface area contributed by atoms with Crippen LogP contribution >= 0.6 is 11.3 Å². The number of aliphatic hydroxyl groups excluding tert-OH is 1. The maximum atomic E-state index is 14.3. The van der Waals surface area contributed by atoms with Crippen molar-refractivity contribution in [1.82, 2.24) is 24.8 Å². The first-order chi connectivity index (χ1) is 25.6. The molecule has 0 saturated heterocycles. The number of hydrogen-bond donors (Lipinski definition) is 4. The summed E-state index contributed by atoms with van der Waals surface area (Å²) in [5.74, 6) is -0.461. The van der Waals surface area contributed by atoms with E-state index in [1.54, 1.807) is 21.1 Å². The van der Waals surface area contributed by atoms with Crippen molar-refractivity contribution in [3.8, 4) is 0 Å². The van der Waals surface area contributed by atoms with Crippen LogP contribution in [0.4, 0.5) is 4.79 Å². The van der Waals surface area contributed by atoms with E-state index in [1.165, 1.54) is 51.0 Å². The first kappa shape index (κ1) is 42.8. The summed E-state index contributed by atoms with van der Waals surface area (Å²) in [5.41, 5.74) is 1.35. The van der Waals surface area contributed by atoms with Crippen molar-refractivity contribution in [3.63, 3.8) is 0 Å². The van der Waals surface area contributed by atoms with Gasteiger partial charge in [-0.05, 0) is 76.1 Å². The van der Waals surface area contributed by atoms with Crippen molar-refractivity contribution < 1.29 is 37.8 Å². The topological polar surface area (TPSA) is 183 Å². The predicted octanol–water partition coefficient (Wildman–Crippen LogP) is 4.39. The quantitative estimate of drug-likeness (QED) is 0.0778. The molecule has 0 aliphatic heterocycles. The molecular formula is C38H54N6O8S2. The monoisotopic (exact) mass is 786 g/mol. The van der Waals surface area contributed by atoms with E-state index >= 15 is 0 Å². The highest BCUT2D eigenvalue weighted by Crippen LogP contribution is 2.30. The fourth-order valence-corrected chi connectivity index (χ4v) is 8.42. The largest absolute Gasteiger partial charge is 0.411 e. The smallest absolute Gasteiger partial charge is 0.318 e. The van der Waals surface area contributed by atoms with Crippen LogP contribution in [-0.2, 0) is 43.9 Å². The standard InChI is InChI=1S/C38H54N6O8S2/c1-26(52-38(2,3)4)35(42-37(47)43(5)22-30-25-53-34(40-30)24-51-6)36(46)41-32(19-27-11-8-7-9-12-27)33(45)23-44(21-29-13-10-14-29)54(49,50)31-17-15-28(16-18-31)20-39-48/h7-9,11-12,15-18,20,25-26,29,32-33,35,45,48H,10,13-14,19,21-24H2,1-6H3,(H,41,46)(H,42,47)/t26-,32-,33-,35-/m0/s1. The molecule has 0 radical (unpaired) electrons. The zero-order valence-corrected chi connectivity index (χ0v) is 33.5. The number of benzene rings is 2. The molecule has 1 heterocycles. The van der Waals surface area contributed by atoms with Crippen LogP contribution in [0.5, 0.6) is 0 Å². The van der Waals surface area contributed by atoms with Gasteiger partial charge >= 0.3 is 6.03 Å². The van der Waals surface area contributed by atoms with Gasteiger partial charge < -0.3 is 35.3 Å². The average Bonchev–Trinajstić information content (AvgIpc) is 3.54. The Hall–Kier alpha value is -3.93. The molecule has 14 nitrogen and oxygen atoms in total. The van der Waals surface area contributed by atoms with Crippen LogP contribution in [0.2, 0.25) is 0 Å². The second-order valence-corrected chi connectivity index (χ2v) is 17.6. The number of oxime groups is 1. The lowest BCUT2D eigenvalue weighted by Gasteiger charge is -2.36. The molecule has 3 amide bonds. The third-order valence-electron chi connectivity index (χ3n) is 9.08. The zero-order chi connectivity index (χ0) is 39.5. The minimum atomic E-state index is -4.08. The Balaban J connectivity index is 1.59. The molecule has 1 aromatic heterocycles. The van der Waals surface area contributed by atoms with Gasteiger partial charge in [0.05, 0.1) is 53.8 Å². The Kier molecular flexibility index (Phi) is 15.5. The van der Waals surface area contributed by atoms with E-state index in [0.29, 0.717) is 17.9 Å². The number of aliphatic hydroxyl groups is 1. The molecule has 0 spiro atoms. The van der Waals surface area contributed by atoms with E-state index in [0.717, 1.165) is 29.8 Å². The molecule has 4 N–H and O–H groups in total. The number of sulfonamides is 1. The first-order valence-corrected chi connectivity index (χ1v) is 20.3. The SMILES string of the molecule is COCc1nc(CN(C)C(=O)N[C@H](C(=O)N[C@@H](Cc2ccccc2)[C@@H](O)CN(CC2CCC2)S(=O)(=O)c2ccc(C=NO)cc2)[C@H](C)OC(C)(C)C)cs1. The van der Waals surface area contributed by atoms with Crippen LogP contribution in [-0.4, -0.2) is 108 Å². The normalized spacial score (nSPS) is 16.1. The number of rotatable bonds is 19. The van der Waals surface area contributed by atoms with Gasteiger partial charge in [0.15, 0.2) is 0 Å². The molecule has 3 aromatic rings. The van der Waals surface area contributed by atoms with Gasteiger partial charge in [-0.1, -0.05) is 54.0 Å². The summed E-state index contributed by atoms with van der Waals surface area (Å²) in [6, 6.07) is 12.5. The number of amides is 3. The highest BCUT2D eigenvalue weighted by atomic mass is 32.2. The van der Waals surface area contributed by atoms with Crippen LogP contribution in [0.15, 0.2) is 70.0 Å². The lowest BCUT2D eigenvalue weighted by atomic mass is 9.85. The van der Waals surface area contributed by atoms with E-state index in [1.807, 2.05) is 56.5 Å². The second kappa shape index (κ2) is 19.6. The second-order valence-electron chi connectivity index (χ2n) is 14.7. The average molecular weight is 787 g/mol. The number of carbonyl (C=O) groups excluding carboxylic acids is 2. The molecule has 1 aliphatic rings. The molecule has 2 aromatic carbocycles. The maximum absolute atomic E-state index is 14.3. The molecule has 1 saturated carbocycles. The minimum Gasteiger partial charge on any atom is -0.411 e. The molecule has 1 fully saturated rings. The molecule has 1 aliphatic carbocycles. The maximum Gasteiger partial charge on any atom is 0.318 e. The number of ether oxygens (including phenoxy) is 2. The van der Waals surface area contributed by atoms with Crippen LogP contribution in [0.25, 0.3) is 0 Å². The summed E-state index contributed by atoms with van der Waals surface area (Å²) in [4.78, 5) is 33.8. The number of aromatic nitrogens is 1. The lowest BCUT2D eigenvalue weighted by Crippen LogP contribution is -2.60. The lowest BCUT2D eigenvalue weighted by molar-refractivity contribution is -0.132. The van der Waals surface area contributed by atoms with E-state index in [2.05, 4.69) is 20.8 Å². The van der Waals surface area contributed by atoms with Crippen molar-refractivity contribution in [2.24, 2.45) is 11.1 Å². The fraction of sp³-hybridized carbons (Fsp3) is 0.526. The summed E-state index contributed by atoms with van der Waals surface area (Å²) in [7, 11) is -0.895. The summed E-state index contributed by atoms with van der Waals surface area (Å²) in [6.07, 6.45) is 1.99. The summed E-state index contributed by atoms with van der Waals surface area (Å²) in [6.45, 7) is 7.70. The summed E-state index contributed by atoms with van der Waals surface area (Å²) in [5, 5.41) is 32.2. The van der Waals surface area contributed by atoms with Crippen LogP contribution in [0.3, 0.4) is 0 Å². The number of hydrogen-bond acceptors (Lipinski definition) is 11. The van der Waals surface area contributed by atoms with Gasteiger partial charge in [-0.15, -0.1) is 11.3 Å². The number of urea groups is 1. The van der Waals surface area contributed by atoms with Gasteiger partial charge in [0.25, 0.3) is 0 Å². The van der Waals surface area contributed by atoms with Crippen LogP contribution in [0, 0.1) is 5.92 Å². The Morgan fingerprint density at radius 3 is 2.39 bits per heavy atom. The van der Waals surface area contributed by atoms with Gasteiger partial charge in [-0.25, -0.2) is 18.2 Å². The number of methoxy groups -OCH3 is 1. The molecule has 0 unspecified atom stereocenters. The van der Waals surface area contributed by atoms with Gasteiger partial charge in [0, 0.05) is 32.6 Å². The van der Waals surface area contributed by atoms with Gasteiger partial charge in [0.2, 0.25) is 15.9 Å². The van der Waals surface area contributed by atoms with Crippen LogP contribution < -0.4 is 10.6 Å². The Morgan fingerprint density at radius 1 is 1.11 bits per heavy atom. The number of carbonyl (C=O) groups is 2. The van der Waals surface area contributed by atoms with E-state index < -0.39 is 51.9 Å².